The van der Waals surface area contributed by atoms with Crippen molar-refractivity contribution in [1.29, 1.82) is 0 Å². The molecule has 0 radical (unpaired) electrons. The molecule has 1 saturated carbocycles. The van der Waals surface area contributed by atoms with Crippen LogP contribution in [-0.4, -0.2) is 8.76 Å². The first kappa shape index (κ1) is 15.7. The third-order valence-corrected chi connectivity index (χ3v) is 5.52. The number of hydrogen-bond donors (Lipinski definition) is 1. The van der Waals surface area contributed by atoms with Crippen LogP contribution in [0.4, 0.5) is 0 Å². The predicted molar refractivity (Wildman–Crippen MR) is 84.3 cm³/mol. The van der Waals surface area contributed by atoms with E-state index in [1.807, 2.05) is 12.1 Å². The smallest absolute Gasteiger partial charge is 0.186 e. The van der Waals surface area contributed by atoms with E-state index in [0.717, 1.165) is 12.0 Å². The van der Waals surface area contributed by atoms with Crippen molar-refractivity contribution in [3.63, 3.8) is 0 Å². The van der Waals surface area contributed by atoms with E-state index in [-0.39, 0.29) is 0 Å². The lowest BCUT2D eigenvalue weighted by Gasteiger charge is -2.38. The molecule has 0 aromatic heterocycles. The molecule has 2 rings (SSSR count). The molecule has 1 N–H and O–H groups in total. The average Bonchev–Trinajstić information content (AvgIpc) is 2.37. The van der Waals surface area contributed by atoms with Gasteiger partial charge in [-0.3, -0.25) is 0 Å². The Labute approximate surface area is 125 Å². The van der Waals surface area contributed by atoms with Crippen LogP contribution in [0.15, 0.2) is 23.1 Å². The van der Waals surface area contributed by atoms with Gasteiger partial charge in [-0.1, -0.05) is 44.9 Å². The molecule has 1 aromatic rings. The van der Waals surface area contributed by atoms with Gasteiger partial charge in [0, 0.05) is 0 Å². The van der Waals surface area contributed by atoms with Crippen molar-refractivity contribution in [2.75, 3.05) is 0 Å². The second-order valence-corrected chi connectivity index (χ2v) is 7.66. The highest BCUT2D eigenvalue weighted by Crippen LogP contribution is 2.45. The zero-order chi connectivity index (χ0) is 14.9. The zero-order valence-corrected chi connectivity index (χ0v) is 13.7. The number of hydrogen-bond acceptors (Lipinski definition) is 1. The fourth-order valence-corrected chi connectivity index (χ4v) is 4.27. The van der Waals surface area contributed by atoms with E-state index in [1.54, 1.807) is 0 Å². The molecule has 0 bridgehead atoms. The van der Waals surface area contributed by atoms with Crippen molar-refractivity contribution in [3.05, 3.63) is 29.3 Å². The van der Waals surface area contributed by atoms with Crippen molar-refractivity contribution in [2.24, 2.45) is 17.8 Å². The van der Waals surface area contributed by atoms with Gasteiger partial charge in [0.1, 0.15) is 0 Å². The first-order valence-electron chi connectivity index (χ1n) is 7.61. The van der Waals surface area contributed by atoms with E-state index in [1.165, 1.54) is 18.4 Å². The summed E-state index contributed by atoms with van der Waals surface area (Å²) in [5.41, 5.74) is 2.28. The fraction of sp³-hybridized carbons (Fsp3) is 0.647. The van der Waals surface area contributed by atoms with Gasteiger partial charge in [-0.2, -0.15) is 0 Å². The van der Waals surface area contributed by atoms with Crippen LogP contribution in [0.2, 0.25) is 0 Å². The van der Waals surface area contributed by atoms with Crippen LogP contribution in [0.25, 0.3) is 0 Å². The first-order chi connectivity index (χ1) is 9.40. The van der Waals surface area contributed by atoms with Gasteiger partial charge in [0.05, 0.1) is 4.90 Å². The lowest BCUT2D eigenvalue weighted by molar-refractivity contribution is 0.195. The van der Waals surface area contributed by atoms with Gasteiger partial charge >= 0.3 is 0 Å². The fourth-order valence-electron chi connectivity index (χ4n) is 3.68. The number of aryl methyl sites for hydroxylation is 1. The maximum Gasteiger partial charge on any atom is 0.186 e. The Kier molecular flexibility index (Phi) is 5.03. The quantitative estimate of drug-likeness (QED) is 0.817. The Morgan fingerprint density at radius 3 is 2.60 bits per heavy atom. The summed E-state index contributed by atoms with van der Waals surface area (Å²) in [6.45, 7) is 8.91. The summed E-state index contributed by atoms with van der Waals surface area (Å²) in [6.07, 6.45) is 3.65. The number of benzene rings is 1. The highest BCUT2D eigenvalue weighted by Gasteiger charge is 2.33. The lowest BCUT2D eigenvalue weighted by atomic mass is 9.67. The molecule has 0 saturated heterocycles. The van der Waals surface area contributed by atoms with Crippen molar-refractivity contribution in [2.45, 2.75) is 57.8 Å². The van der Waals surface area contributed by atoms with Gasteiger partial charge in [-0.15, -0.1) is 0 Å². The van der Waals surface area contributed by atoms with E-state index >= 15 is 0 Å². The van der Waals surface area contributed by atoms with Crippen LogP contribution in [0, 0.1) is 24.7 Å². The van der Waals surface area contributed by atoms with E-state index in [9.17, 15) is 8.76 Å². The Bertz CT molecular complexity index is 496. The first-order valence-corrected chi connectivity index (χ1v) is 8.72. The molecule has 1 fully saturated rings. The summed E-state index contributed by atoms with van der Waals surface area (Å²) >= 11 is -1.89. The zero-order valence-electron chi connectivity index (χ0n) is 12.9. The minimum atomic E-state index is -1.89. The molecule has 112 valence electrons. The van der Waals surface area contributed by atoms with Crippen molar-refractivity contribution < 1.29 is 8.76 Å². The third-order valence-electron chi connectivity index (χ3n) is 4.78. The summed E-state index contributed by atoms with van der Waals surface area (Å²) in [6, 6.07) is 5.89. The molecule has 0 spiro atoms. The van der Waals surface area contributed by atoms with Crippen molar-refractivity contribution in [1.82, 2.24) is 0 Å². The second-order valence-electron chi connectivity index (χ2n) is 6.72. The lowest BCUT2D eigenvalue weighted by Crippen LogP contribution is -2.27. The maximum absolute atomic E-state index is 11.6. The predicted octanol–water partition coefficient (Wildman–Crippen LogP) is 4.75. The molecule has 2 unspecified atom stereocenters. The van der Waals surface area contributed by atoms with Crippen molar-refractivity contribution >= 4 is 11.1 Å². The molecule has 20 heavy (non-hydrogen) atoms. The van der Waals surface area contributed by atoms with E-state index < -0.39 is 11.1 Å². The van der Waals surface area contributed by atoms with Crippen LogP contribution in [-0.2, 0) is 11.1 Å². The molecule has 1 aliphatic carbocycles. The van der Waals surface area contributed by atoms with Crippen LogP contribution in [0.1, 0.15) is 57.1 Å². The average molecular weight is 294 g/mol. The largest absolute Gasteiger partial charge is 0.302 e. The summed E-state index contributed by atoms with van der Waals surface area (Å²) in [4.78, 5) is 0.611. The van der Waals surface area contributed by atoms with Crippen LogP contribution in [0.3, 0.4) is 0 Å². The highest BCUT2D eigenvalue weighted by molar-refractivity contribution is 7.79. The Balaban J connectivity index is 2.45. The minimum absolute atomic E-state index is 0.421. The molecule has 3 heteroatoms. The summed E-state index contributed by atoms with van der Waals surface area (Å²) in [5.74, 6) is 2.36. The summed E-state index contributed by atoms with van der Waals surface area (Å²) < 4.78 is 21.2. The molecule has 1 aromatic carbocycles. The summed E-state index contributed by atoms with van der Waals surface area (Å²) in [5, 5.41) is 0. The van der Waals surface area contributed by atoms with Gasteiger partial charge in [-0.05, 0) is 55.1 Å². The maximum atomic E-state index is 11.6. The van der Waals surface area contributed by atoms with E-state index in [4.69, 9.17) is 0 Å². The molecular formula is C17H26O2S. The SMILES string of the molecule is Cc1ccc(S(=O)O)c([C@@H]2C[C@@H](C)CCC2C(C)C)c1. The third kappa shape index (κ3) is 3.32. The van der Waals surface area contributed by atoms with Crippen LogP contribution in [0.5, 0.6) is 0 Å². The Morgan fingerprint density at radius 2 is 2.00 bits per heavy atom. The van der Waals surface area contributed by atoms with E-state index in [2.05, 4.69) is 33.8 Å². The Hall–Kier alpha value is -0.670. The molecule has 0 amide bonds. The van der Waals surface area contributed by atoms with Gasteiger partial charge in [0.25, 0.3) is 0 Å². The molecule has 0 heterocycles. The molecule has 4 atom stereocenters. The van der Waals surface area contributed by atoms with Gasteiger partial charge in [0.15, 0.2) is 11.1 Å². The molecule has 2 nitrogen and oxygen atoms in total. The van der Waals surface area contributed by atoms with Gasteiger partial charge in [0.2, 0.25) is 0 Å². The van der Waals surface area contributed by atoms with Gasteiger partial charge < -0.3 is 4.55 Å². The normalized spacial score (nSPS) is 28.6. The van der Waals surface area contributed by atoms with Crippen LogP contribution >= 0.6 is 0 Å². The Morgan fingerprint density at radius 1 is 1.30 bits per heavy atom. The highest BCUT2D eigenvalue weighted by atomic mass is 32.2. The number of rotatable bonds is 3. The molecule has 1 aliphatic rings. The molecule has 0 aliphatic heterocycles. The van der Waals surface area contributed by atoms with Crippen LogP contribution < -0.4 is 0 Å². The topological polar surface area (TPSA) is 37.3 Å². The second kappa shape index (κ2) is 6.40. The van der Waals surface area contributed by atoms with E-state index in [0.29, 0.717) is 28.6 Å². The van der Waals surface area contributed by atoms with Crippen molar-refractivity contribution in [3.8, 4) is 0 Å². The summed E-state index contributed by atoms with van der Waals surface area (Å²) in [7, 11) is 0. The molecular weight excluding hydrogens is 268 g/mol. The monoisotopic (exact) mass is 294 g/mol. The minimum Gasteiger partial charge on any atom is -0.302 e. The van der Waals surface area contributed by atoms with Gasteiger partial charge in [-0.25, -0.2) is 4.21 Å². The standard InChI is InChI=1S/C17H26O2S/c1-11(2)14-7-5-12(3)9-15(14)16-10-13(4)6-8-17(16)20(18)19/h6,8,10-12,14-15H,5,7,9H2,1-4H3,(H,18,19)/t12-,14?,15+/m0/s1.